The lowest BCUT2D eigenvalue weighted by Gasteiger charge is -2.33. The number of methoxy groups -OCH3 is 1. The van der Waals surface area contributed by atoms with E-state index < -0.39 is 0 Å². The Morgan fingerprint density at radius 2 is 2.00 bits per heavy atom. The van der Waals surface area contributed by atoms with Crippen molar-refractivity contribution in [2.75, 3.05) is 39.9 Å². The number of aliphatic imine (C=N–C) groups is 1. The smallest absolute Gasteiger partial charge is 0.191 e. The molecule has 1 fully saturated rings. The maximum Gasteiger partial charge on any atom is 0.191 e. The van der Waals surface area contributed by atoms with Gasteiger partial charge in [-0.05, 0) is 43.9 Å². The molecule has 2 N–H and O–H groups in total. The first kappa shape index (κ1) is 20.2. The Morgan fingerprint density at radius 3 is 2.64 bits per heavy atom. The highest BCUT2D eigenvalue weighted by molar-refractivity contribution is 9.10. The van der Waals surface area contributed by atoms with E-state index in [1.54, 1.807) is 7.11 Å². The number of hydrogen-bond donors (Lipinski definition) is 2. The normalized spacial score (nSPS) is 16.8. The lowest BCUT2D eigenvalue weighted by molar-refractivity contribution is 0.155. The molecule has 1 saturated heterocycles. The second-order valence-corrected chi connectivity index (χ2v) is 7.34. The van der Waals surface area contributed by atoms with E-state index in [1.807, 2.05) is 0 Å². The van der Waals surface area contributed by atoms with E-state index in [2.05, 4.69) is 62.7 Å². The van der Waals surface area contributed by atoms with Crippen molar-refractivity contribution in [3.8, 4) is 0 Å². The van der Waals surface area contributed by atoms with E-state index in [9.17, 15) is 0 Å². The van der Waals surface area contributed by atoms with Crippen LogP contribution in [0.15, 0.2) is 33.7 Å². The minimum atomic E-state index is 0.501. The summed E-state index contributed by atoms with van der Waals surface area (Å²) >= 11 is 3.47. The van der Waals surface area contributed by atoms with Gasteiger partial charge < -0.3 is 20.3 Å². The Balaban J connectivity index is 1.79. The van der Waals surface area contributed by atoms with Crippen LogP contribution in [0.25, 0.3) is 0 Å². The van der Waals surface area contributed by atoms with Crippen LogP contribution in [0.2, 0.25) is 0 Å². The average Bonchev–Trinajstić information content (AvgIpc) is 2.63. The van der Waals surface area contributed by atoms with Gasteiger partial charge in [0.15, 0.2) is 5.96 Å². The number of rotatable bonds is 8. The molecule has 0 aliphatic carbocycles. The fourth-order valence-corrected chi connectivity index (χ4v) is 3.27. The molecule has 1 aliphatic rings. The van der Waals surface area contributed by atoms with Crippen LogP contribution in [0.5, 0.6) is 0 Å². The van der Waals surface area contributed by atoms with Crippen LogP contribution in [-0.4, -0.2) is 56.8 Å². The molecule has 2 rings (SSSR count). The van der Waals surface area contributed by atoms with Crippen LogP contribution in [0.1, 0.15) is 31.7 Å². The molecular weight excluding hydrogens is 380 g/mol. The van der Waals surface area contributed by atoms with Crippen LogP contribution in [-0.2, 0) is 11.3 Å². The first-order valence-corrected chi connectivity index (χ1v) is 10.0. The largest absolute Gasteiger partial charge is 0.385 e. The summed E-state index contributed by atoms with van der Waals surface area (Å²) in [5.41, 5.74) is 1.22. The van der Waals surface area contributed by atoms with Gasteiger partial charge >= 0.3 is 0 Å². The Morgan fingerprint density at radius 1 is 1.28 bits per heavy atom. The topological polar surface area (TPSA) is 48.9 Å². The number of hydrogen-bond acceptors (Lipinski definition) is 3. The van der Waals surface area contributed by atoms with Gasteiger partial charge in [-0.2, -0.15) is 0 Å². The van der Waals surface area contributed by atoms with E-state index in [0.29, 0.717) is 12.6 Å². The molecule has 1 aromatic carbocycles. The Labute approximate surface area is 160 Å². The molecule has 0 saturated carbocycles. The minimum absolute atomic E-state index is 0.501. The molecule has 0 spiro atoms. The van der Waals surface area contributed by atoms with Crippen molar-refractivity contribution in [1.29, 1.82) is 0 Å². The van der Waals surface area contributed by atoms with Crippen molar-refractivity contribution in [3.63, 3.8) is 0 Å². The average molecular weight is 411 g/mol. The predicted molar refractivity (Wildman–Crippen MR) is 108 cm³/mol. The molecule has 6 heteroatoms. The molecule has 1 heterocycles. The quantitative estimate of drug-likeness (QED) is 0.392. The van der Waals surface area contributed by atoms with Crippen LogP contribution in [0.4, 0.5) is 0 Å². The van der Waals surface area contributed by atoms with E-state index in [4.69, 9.17) is 9.73 Å². The summed E-state index contributed by atoms with van der Waals surface area (Å²) in [6.07, 6.45) is 3.44. The standard InChI is InChI=1S/C19H31BrN4O/c1-3-21-19(22-15-16-5-7-17(20)8-6-16)23-18-9-12-24(13-10-18)11-4-14-25-2/h5-8,18H,3-4,9-15H2,1-2H3,(H2,21,22,23). The van der Waals surface area contributed by atoms with E-state index in [0.717, 1.165) is 62.5 Å². The van der Waals surface area contributed by atoms with Gasteiger partial charge in [-0.15, -0.1) is 0 Å². The first-order chi connectivity index (χ1) is 12.2. The molecule has 140 valence electrons. The van der Waals surface area contributed by atoms with Gasteiger partial charge in [0.2, 0.25) is 0 Å². The third-order valence-electron chi connectivity index (χ3n) is 4.43. The Bertz CT molecular complexity index is 513. The lowest BCUT2D eigenvalue weighted by atomic mass is 10.1. The summed E-state index contributed by atoms with van der Waals surface area (Å²) in [6, 6.07) is 8.83. The van der Waals surface area contributed by atoms with Crippen LogP contribution >= 0.6 is 15.9 Å². The van der Waals surface area contributed by atoms with Crippen molar-refractivity contribution in [2.24, 2.45) is 4.99 Å². The zero-order valence-corrected chi connectivity index (χ0v) is 17.0. The number of ether oxygens (including phenoxy) is 1. The lowest BCUT2D eigenvalue weighted by Crippen LogP contribution is -2.48. The zero-order valence-electron chi connectivity index (χ0n) is 15.4. The summed E-state index contributed by atoms with van der Waals surface area (Å²) in [5, 5.41) is 6.97. The van der Waals surface area contributed by atoms with Gasteiger partial charge in [0.25, 0.3) is 0 Å². The number of nitrogens with zero attached hydrogens (tertiary/aromatic N) is 2. The van der Waals surface area contributed by atoms with Gasteiger partial charge in [0, 0.05) is 50.4 Å². The number of guanidine groups is 1. The summed E-state index contributed by atoms with van der Waals surface area (Å²) in [5.74, 6) is 0.920. The molecule has 0 atom stereocenters. The van der Waals surface area contributed by atoms with Crippen molar-refractivity contribution < 1.29 is 4.74 Å². The summed E-state index contributed by atoms with van der Waals surface area (Å²) < 4.78 is 6.24. The van der Waals surface area contributed by atoms with Crippen LogP contribution in [0, 0.1) is 0 Å². The van der Waals surface area contributed by atoms with Gasteiger partial charge in [-0.3, -0.25) is 0 Å². The molecule has 1 aliphatic heterocycles. The molecule has 0 amide bonds. The van der Waals surface area contributed by atoms with Gasteiger partial charge in [-0.1, -0.05) is 28.1 Å². The fourth-order valence-electron chi connectivity index (χ4n) is 3.01. The molecule has 5 nitrogen and oxygen atoms in total. The molecule has 1 aromatic rings. The summed E-state index contributed by atoms with van der Waals surface area (Å²) in [4.78, 5) is 7.27. The predicted octanol–water partition coefficient (Wildman–Crippen LogP) is 3.01. The van der Waals surface area contributed by atoms with Crippen LogP contribution in [0.3, 0.4) is 0 Å². The fraction of sp³-hybridized carbons (Fsp3) is 0.632. The highest BCUT2D eigenvalue weighted by atomic mass is 79.9. The van der Waals surface area contributed by atoms with E-state index in [-0.39, 0.29) is 0 Å². The summed E-state index contributed by atoms with van der Waals surface area (Å²) in [6.45, 7) is 7.96. The van der Waals surface area contributed by atoms with Crippen molar-refractivity contribution >= 4 is 21.9 Å². The molecular formula is C19H31BrN4O. The maximum atomic E-state index is 5.14. The molecule has 0 radical (unpaired) electrons. The number of nitrogens with one attached hydrogen (secondary N) is 2. The Hall–Kier alpha value is -1.11. The number of likely N-dealkylation sites (tertiary alicyclic amines) is 1. The molecule has 25 heavy (non-hydrogen) atoms. The molecule has 0 unspecified atom stereocenters. The number of piperidine rings is 1. The third-order valence-corrected chi connectivity index (χ3v) is 4.96. The third kappa shape index (κ3) is 7.75. The summed E-state index contributed by atoms with van der Waals surface area (Å²) in [7, 11) is 1.77. The Kier molecular flexibility index (Phi) is 9.29. The second-order valence-electron chi connectivity index (χ2n) is 6.43. The minimum Gasteiger partial charge on any atom is -0.385 e. The van der Waals surface area contributed by atoms with Gasteiger partial charge in [0.05, 0.1) is 6.54 Å². The van der Waals surface area contributed by atoms with Gasteiger partial charge in [0.1, 0.15) is 0 Å². The van der Waals surface area contributed by atoms with Crippen molar-refractivity contribution in [1.82, 2.24) is 15.5 Å². The highest BCUT2D eigenvalue weighted by Gasteiger charge is 2.19. The maximum absolute atomic E-state index is 5.14. The molecule has 0 bridgehead atoms. The zero-order chi connectivity index (χ0) is 17.9. The van der Waals surface area contributed by atoms with E-state index in [1.165, 1.54) is 5.56 Å². The number of halogens is 1. The number of benzene rings is 1. The highest BCUT2D eigenvalue weighted by Crippen LogP contribution is 2.12. The monoisotopic (exact) mass is 410 g/mol. The first-order valence-electron chi connectivity index (χ1n) is 9.22. The van der Waals surface area contributed by atoms with E-state index >= 15 is 0 Å². The second kappa shape index (κ2) is 11.5. The molecule has 0 aromatic heterocycles. The van der Waals surface area contributed by atoms with Crippen molar-refractivity contribution in [3.05, 3.63) is 34.3 Å². The van der Waals surface area contributed by atoms with Crippen molar-refractivity contribution in [2.45, 2.75) is 38.8 Å². The van der Waals surface area contributed by atoms with Crippen LogP contribution < -0.4 is 10.6 Å². The van der Waals surface area contributed by atoms with Gasteiger partial charge in [-0.25, -0.2) is 4.99 Å². The SMILES string of the molecule is CCNC(=NCc1ccc(Br)cc1)NC1CCN(CCCOC)CC1.